The third-order valence-electron chi connectivity index (χ3n) is 5.93. The number of rotatable bonds is 2. The fraction of sp³-hybridized carbons (Fsp3) is 0.160. The summed E-state index contributed by atoms with van der Waals surface area (Å²) in [6.45, 7) is 0. The van der Waals surface area contributed by atoms with Crippen molar-refractivity contribution in [2.24, 2.45) is 0 Å². The number of Topliss-reactive ketones (excluding diaryl/α,β-unsaturated/α-hetero) is 1. The van der Waals surface area contributed by atoms with Crippen LogP contribution in [0.2, 0.25) is 15.1 Å². The smallest absolute Gasteiger partial charge is 0.163 e. The highest BCUT2D eigenvalue weighted by atomic mass is 35.5. The Labute approximate surface area is 196 Å². The monoisotopic (exact) mass is 468 g/mol. The van der Waals surface area contributed by atoms with Crippen LogP contribution in [0.5, 0.6) is 0 Å². The van der Waals surface area contributed by atoms with E-state index in [-0.39, 0.29) is 17.7 Å². The molecule has 0 spiro atoms. The van der Waals surface area contributed by atoms with E-state index in [4.69, 9.17) is 34.8 Å². The normalized spacial score (nSPS) is 20.3. The quantitative estimate of drug-likeness (QED) is 0.405. The third kappa shape index (κ3) is 3.94. The average Bonchev–Trinajstić information content (AvgIpc) is 2.93. The molecule has 3 aromatic carbocycles. The number of nitrogens with one attached hydrogen (secondary N) is 2. The van der Waals surface area contributed by atoms with Crippen molar-refractivity contribution < 1.29 is 4.79 Å². The molecule has 31 heavy (non-hydrogen) atoms. The summed E-state index contributed by atoms with van der Waals surface area (Å²) >= 11 is 18.5. The van der Waals surface area contributed by atoms with E-state index in [0.717, 1.165) is 40.2 Å². The second-order valence-electron chi connectivity index (χ2n) is 7.89. The summed E-state index contributed by atoms with van der Waals surface area (Å²) in [5.74, 6) is 0.209. The fourth-order valence-electron chi connectivity index (χ4n) is 4.40. The number of fused-ring (bicyclic) bond motifs is 1. The molecule has 1 aliphatic carbocycles. The molecule has 2 N–H and O–H groups in total. The maximum absolute atomic E-state index is 13.5. The molecule has 156 valence electrons. The first-order valence-corrected chi connectivity index (χ1v) is 11.2. The average molecular weight is 470 g/mol. The summed E-state index contributed by atoms with van der Waals surface area (Å²) in [6, 6.07) is 20.9. The van der Waals surface area contributed by atoms with Crippen LogP contribution in [0.1, 0.15) is 35.9 Å². The number of carbonyl (C=O) groups is 1. The zero-order chi connectivity index (χ0) is 21.5. The van der Waals surface area contributed by atoms with Crippen LogP contribution in [0, 0.1) is 0 Å². The molecule has 0 radical (unpaired) electrons. The lowest BCUT2D eigenvalue weighted by molar-refractivity contribution is -0.116. The van der Waals surface area contributed by atoms with E-state index < -0.39 is 0 Å². The van der Waals surface area contributed by atoms with Crippen molar-refractivity contribution in [3.63, 3.8) is 0 Å². The third-order valence-corrected chi connectivity index (χ3v) is 6.92. The van der Waals surface area contributed by atoms with Crippen molar-refractivity contribution in [2.45, 2.75) is 24.8 Å². The van der Waals surface area contributed by atoms with Gasteiger partial charge in [-0.15, -0.1) is 0 Å². The van der Waals surface area contributed by atoms with Gasteiger partial charge < -0.3 is 10.6 Å². The molecule has 3 nitrogen and oxygen atoms in total. The second kappa shape index (κ2) is 8.23. The van der Waals surface area contributed by atoms with E-state index in [2.05, 4.69) is 10.6 Å². The first-order valence-electron chi connectivity index (χ1n) is 10.1. The molecule has 6 heteroatoms. The highest BCUT2D eigenvalue weighted by Gasteiger charge is 2.36. The lowest BCUT2D eigenvalue weighted by Gasteiger charge is -2.30. The van der Waals surface area contributed by atoms with Crippen LogP contribution in [-0.2, 0) is 4.79 Å². The van der Waals surface area contributed by atoms with Gasteiger partial charge in [0, 0.05) is 22.7 Å². The van der Waals surface area contributed by atoms with Gasteiger partial charge in [-0.1, -0.05) is 65.1 Å². The van der Waals surface area contributed by atoms with Crippen LogP contribution in [-0.4, -0.2) is 5.78 Å². The Bertz CT molecular complexity index is 1200. The van der Waals surface area contributed by atoms with Gasteiger partial charge in [0.1, 0.15) is 0 Å². The SMILES string of the molecule is O=C1C[C@@H](c2ccc(Cl)cc2)CC2=C1[C@H](c1ccc(Cl)c(Cl)c1)Nc1ccccc1N2. The van der Waals surface area contributed by atoms with Crippen molar-refractivity contribution in [2.75, 3.05) is 10.6 Å². The maximum atomic E-state index is 13.5. The van der Waals surface area contributed by atoms with E-state index >= 15 is 0 Å². The standard InChI is InChI=1S/C25H19Cl3N2O/c26-17-8-5-14(6-9-17)16-12-22-24(23(31)13-16)25(15-7-10-18(27)19(28)11-15)30-21-4-2-1-3-20(21)29-22/h1-11,16,25,29-30H,12-13H2/t16-,25-/m0/s1. The van der Waals surface area contributed by atoms with Gasteiger partial charge in [-0.05, 0) is 59.9 Å². The van der Waals surface area contributed by atoms with Gasteiger partial charge in [0.25, 0.3) is 0 Å². The number of hydrogen-bond acceptors (Lipinski definition) is 3. The summed E-state index contributed by atoms with van der Waals surface area (Å²) in [5, 5.41) is 8.74. The number of carbonyl (C=O) groups excluding carboxylic acids is 1. The number of halogens is 3. The van der Waals surface area contributed by atoms with E-state index in [9.17, 15) is 4.79 Å². The Morgan fingerprint density at radius 3 is 2.23 bits per heavy atom. The number of anilines is 2. The van der Waals surface area contributed by atoms with Gasteiger partial charge in [-0.25, -0.2) is 0 Å². The van der Waals surface area contributed by atoms with Crippen LogP contribution < -0.4 is 10.6 Å². The van der Waals surface area contributed by atoms with Crippen molar-refractivity contribution in [1.29, 1.82) is 0 Å². The van der Waals surface area contributed by atoms with E-state index in [0.29, 0.717) is 21.5 Å². The topological polar surface area (TPSA) is 41.1 Å². The molecule has 0 fully saturated rings. The summed E-state index contributed by atoms with van der Waals surface area (Å²) in [6.07, 6.45) is 1.18. The fourth-order valence-corrected chi connectivity index (χ4v) is 4.84. The van der Waals surface area contributed by atoms with Gasteiger partial charge in [-0.3, -0.25) is 4.79 Å². The van der Waals surface area contributed by atoms with E-state index in [1.807, 2.05) is 60.7 Å². The zero-order valence-corrected chi connectivity index (χ0v) is 18.7. The molecule has 0 unspecified atom stereocenters. The molecule has 0 aromatic heterocycles. The van der Waals surface area contributed by atoms with Crippen molar-refractivity contribution >= 4 is 52.0 Å². The first kappa shape index (κ1) is 20.4. The summed E-state index contributed by atoms with van der Waals surface area (Å²) < 4.78 is 0. The lowest BCUT2D eigenvalue weighted by Crippen LogP contribution is -2.26. The zero-order valence-electron chi connectivity index (χ0n) is 16.5. The molecule has 0 saturated carbocycles. The van der Waals surface area contributed by atoms with Crippen LogP contribution in [0.15, 0.2) is 78.0 Å². The lowest BCUT2D eigenvalue weighted by atomic mass is 9.78. The molecule has 0 saturated heterocycles. The number of benzene rings is 3. The predicted molar refractivity (Wildman–Crippen MR) is 128 cm³/mol. The van der Waals surface area contributed by atoms with Crippen LogP contribution >= 0.6 is 34.8 Å². The molecule has 0 amide bonds. The summed E-state index contributed by atoms with van der Waals surface area (Å²) in [7, 11) is 0. The molecular formula is C25H19Cl3N2O. The molecule has 1 heterocycles. The number of para-hydroxylation sites is 2. The Balaban J connectivity index is 1.61. The van der Waals surface area contributed by atoms with Crippen molar-refractivity contribution in [3.8, 4) is 0 Å². The molecule has 2 aliphatic rings. The molecule has 3 aromatic rings. The molecule has 0 bridgehead atoms. The summed E-state index contributed by atoms with van der Waals surface area (Å²) in [4.78, 5) is 13.5. The highest BCUT2D eigenvalue weighted by Crippen LogP contribution is 2.44. The van der Waals surface area contributed by atoms with Gasteiger partial charge in [0.2, 0.25) is 0 Å². The van der Waals surface area contributed by atoms with Gasteiger partial charge >= 0.3 is 0 Å². The Kier molecular flexibility index (Phi) is 5.43. The summed E-state index contributed by atoms with van der Waals surface area (Å²) in [5.41, 5.74) is 5.58. The minimum atomic E-state index is -0.320. The minimum Gasteiger partial charge on any atom is -0.372 e. The highest BCUT2D eigenvalue weighted by molar-refractivity contribution is 6.42. The Morgan fingerprint density at radius 2 is 1.48 bits per heavy atom. The Hall–Kier alpha value is -2.46. The second-order valence-corrected chi connectivity index (χ2v) is 9.14. The van der Waals surface area contributed by atoms with Crippen molar-refractivity contribution in [3.05, 3.63) is 104 Å². The predicted octanol–water partition coefficient (Wildman–Crippen LogP) is 7.63. The van der Waals surface area contributed by atoms with Crippen LogP contribution in [0.25, 0.3) is 0 Å². The number of allylic oxidation sites excluding steroid dienone is 1. The van der Waals surface area contributed by atoms with Crippen LogP contribution in [0.4, 0.5) is 11.4 Å². The molecule has 1 aliphatic heterocycles. The van der Waals surface area contributed by atoms with E-state index in [1.165, 1.54) is 0 Å². The van der Waals surface area contributed by atoms with Gasteiger partial charge in [-0.2, -0.15) is 0 Å². The van der Waals surface area contributed by atoms with Gasteiger partial charge in [0.05, 0.1) is 27.5 Å². The minimum absolute atomic E-state index is 0.0933. The largest absolute Gasteiger partial charge is 0.372 e. The maximum Gasteiger partial charge on any atom is 0.163 e. The van der Waals surface area contributed by atoms with Crippen LogP contribution in [0.3, 0.4) is 0 Å². The molecule has 5 rings (SSSR count). The number of hydrogen-bond donors (Lipinski definition) is 2. The Morgan fingerprint density at radius 1 is 0.774 bits per heavy atom. The first-order chi connectivity index (χ1) is 15.0. The number of ketones is 1. The van der Waals surface area contributed by atoms with Crippen molar-refractivity contribution in [1.82, 2.24) is 0 Å². The van der Waals surface area contributed by atoms with Gasteiger partial charge in [0.15, 0.2) is 5.78 Å². The molecular weight excluding hydrogens is 451 g/mol. The van der Waals surface area contributed by atoms with E-state index in [1.54, 1.807) is 6.07 Å². The molecule has 2 atom stereocenters.